The fourth-order valence-corrected chi connectivity index (χ4v) is 2.24. The predicted molar refractivity (Wildman–Crippen MR) is 87.9 cm³/mol. The van der Waals surface area contributed by atoms with E-state index in [-0.39, 0.29) is 0 Å². The first-order valence-corrected chi connectivity index (χ1v) is 6.90. The van der Waals surface area contributed by atoms with E-state index in [0.717, 1.165) is 22.5 Å². The Kier molecular flexibility index (Phi) is 3.83. The van der Waals surface area contributed by atoms with Crippen molar-refractivity contribution in [3.63, 3.8) is 0 Å². The maximum Gasteiger partial charge on any atom is 0.248 e. The number of para-hydroxylation sites is 1. The molecule has 3 N–H and O–H groups in total. The van der Waals surface area contributed by atoms with Crippen LogP contribution in [0.15, 0.2) is 73.1 Å². The third-order valence-electron chi connectivity index (χ3n) is 3.35. The summed E-state index contributed by atoms with van der Waals surface area (Å²) in [5, 5.41) is 3.35. The van der Waals surface area contributed by atoms with Crippen molar-refractivity contribution in [3.8, 4) is 11.1 Å². The maximum absolute atomic E-state index is 11.2. The zero-order valence-corrected chi connectivity index (χ0v) is 11.9. The number of pyridine rings is 1. The molecule has 0 spiro atoms. The highest BCUT2D eigenvalue weighted by molar-refractivity contribution is 5.93. The number of carbonyl (C=O) groups is 1. The summed E-state index contributed by atoms with van der Waals surface area (Å²) in [6.45, 7) is 0. The van der Waals surface area contributed by atoms with Gasteiger partial charge in [0.1, 0.15) is 0 Å². The largest absolute Gasteiger partial charge is 0.366 e. The van der Waals surface area contributed by atoms with Crippen molar-refractivity contribution < 1.29 is 4.79 Å². The Hall–Kier alpha value is -3.14. The number of nitrogens with one attached hydrogen (secondary N) is 1. The van der Waals surface area contributed by atoms with E-state index in [1.807, 2.05) is 48.5 Å². The summed E-state index contributed by atoms with van der Waals surface area (Å²) in [4.78, 5) is 15.3. The van der Waals surface area contributed by atoms with Gasteiger partial charge in [0.05, 0.1) is 11.9 Å². The Labute approximate surface area is 128 Å². The van der Waals surface area contributed by atoms with Crippen LogP contribution < -0.4 is 11.1 Å². The van der Waals surface area contributed by atoms with E-state index in [2.05, 4.69) is 10.3 Å². The Morgan fingerprint density at radius 2 is 1.68 bits per heavy atom. The van der Waals surface area contributed by atoms with Crippen molar-refractivity contribution in [2.45, 2.75) is 0 Å². The molecule has 0 bridgehead atoms. The summed E-state index contributed by atoms with van der Waals surface area (Å²) >= 11 is 0. The van der Waals surface area contributed by atoms with Crippen LogP contribution in [0.4, 0.5) is 11.4 Å². The van der Waals surface area contributed by atoms with E-state index >= 15 is 0 Å². The van der Waals surface area contributed by atoms with E-state index in [4.69, 9.17) is 5.73 Å². The second-order valence-electron chi connectivity index (χ2n) is 4.85. The molecule has 0 atom stereocenters. The van der Waals surface area contributed by atoms with Gasteiger partial charge in [-0.15, -0.1) is 0 Å². The van der Waals surface area contributed by atoms with Crippen LogP contribution in [0, 0.1) is 0 Å². The molecule has 3 rings (SSSR count). The number of hydrogen-bond donors (Lipinski definition) is 2. The Morgan fingerprint density at radius 1 is 0.955 bits per heavy atom. The predicted octanol–water partition coefficient (Wildman–Crippen LogP) is 3.59. The third-order valence-corrected chi connectivity index (χ3v) is 3.35. The van der Waals surface area contributed by atoms with Gasteiger partial charge in [-0.2, -0.15) is 0 Å². The summed E-state index contributed by atoms with van der Waals surface area (Å²) < 4.78 is 0. The molecule has 108 valence electrons. The molecule has 0 aliphatic carbocycles. The quantitative estimate of drug-likeness (QED) is 0.771. The average Bonchev–Trinajstić information content (AvgIpc) is 2.56. The third kappa shape index (κ3) is 2.96. The van der Waals surface area contributed by atoms with Crippen molar-refractivity contribution in [3.05, 3.63) is 78.6 Å². The van der Waals surface area contributed by atoms with E-state index in [9.17, 15) is 4.79 Å². The van der Waals surface area contributed by atoms with Gasteiger partial charge in [0, 0.05) is 23.0 Å². The van der Waals surface area contributed by atoms with Crippen molar-refractivity contribution in [1.29, 1.82) is 0 Å². The standard InChI is InChI=1S/C18H15N3O/c19-18(22)14-8-6-13(7-9-14)16-10-11-20-12-17(16)21-15-4-2-1-3-5-15/h1-12,21H,(H2,19,22). The van der Waals surface area contributed by atoms with Crippen LogP contribution in [0.3, 0.4) is 0 Å². The molecular formula is C18H15N3O. The molecule has 22 heavy (non-hydrogen) atoms. The lowest BCUT2D eigenvalue weighted by molar-refractivity contribution is 0.100. The minimum atomic E-state index is -0.427. The minimum absolute atomic E-state index is 0.427. The van der Waals surface area contributed by atoms with Gasteiger partial charge < -0.3 is 11.1 Å². The van der Waals surface area contributed by atoms with Crippen molar-refractivity contribution in [2.75, 3.05) is 5.32 Å². The first-order valence-electron chi connectivity index (χ1n) is 6.90. The number of amides is 1. The van der Waals surface area contributed by atoms with Crippen LogP contribution in [0.25, 0.3) is 11.1 Å². The molecule has 0 aliphatic rings. The van der Waals surface area contributed by atoms with Crippen LogP contribution in [0.5, 0.6) is 0 Å². The number of benzene rings is 2. The molecule has 2 aromatic carbocycles. The molecule has 3 aromatic rings. The summed E-state index contributed by atoms with van der Waals surface area (Å²) in [6, 6.07) is 19.1. The van der Waals surface area contributed by atoms with E-state index in [1.54, 1.807) is 24.5 Å². The van der Waals surface area contributed by atoms with Gasteiger partial charge >= 0.3 is 0 Å². The molecule has 1 heterocycles. The van der Waals surface area contributed by atoms with Crippen molar-refractivity contribution in [2.24, 2.45) is 5.73 Å². The highest BCUT2D eigenvalue weighted by Gasteiger charge is 2.07. The number of nitrogens with two attached hydrogens (primary N) is 1. The highest BCUT2D eigenvalue weighted by Crippen LogP contribution is 2.29. The normalized spacial score (nSPS) is 10.2. The van der Waals surface area contributed by atoms with Gasteiger partial charge in [-0.3, -0.25) is 9.78 Å². The second kappa shape index (κ2) is 6.10. The zero-order chi connectivity index (χ0) is 15.4. The number of aromatic nitrogens is 1. The molecule has 0 fully saturated rings. The Balaban J connectivity index is 1.95. The van der Waals surface area contributed by atoms with Gasteiger partial charge in [-0.25, -0.2) is 0 Å². The number of primary amides is 1. The molecule has 4 nitrogen and oxygen atoms in total. The van der Waals surface area contributed by atoms with E-state index < -0.39 is 5.91 Å². The number of rotatable bonds is 4. The first-order chi connectivity index (χ1) is 10.7. The van der Waals surface area contributed by atoms with Crippen molar-refractivity contribution in [1.82, 2.24) is 4.98 Å². The summed E-state index contributed by atoms with van der Waals surface area (Å²) in [6.07, 6.45) is 3.53. The van der Waals surface area contributed by atoms with Gasteiger partial charge in [0.25, 0.3) is 0 Å². The fraction of sp³-hybridized carbons (Fsp3) is 0. The molecule has 0 saturated carbocycles. The Morgan fingerprint density at radius 3 is 2.36 bits per heavy atom. The summed E-state index contributed by atoms with van der Waals surface area (Å²) in [7, 11) is 0. The lowest BCUT2D eigenvalue weighted by Crippen LogP contribution is -2.10. The fourth-order valence-electron chi connectivity index (χ4n) is 2.24. The number of nitrogens with zero attached hydrogens (tertiary/aromatic N) is 1. The maximum atomic E-state index is 11.2. The zero-order valence-electron chi connectivity index (χ0n) is 11.9. The van der Waals surface area contributed by atoms with Gasteiger partial charge in [-0.05, 0) is 35.9 Å². The van der Waals surface area contributed by atoms with Gasteiger partial charge in [0.2, 0.25) is 5.91 Å². The number of hydrogen-bond acceptors (Lipinski definition) is 3. The van der Waals surface area contributed by atoms with Gasteiger partial charge in [0.15, 0.2) is 0 Å². The lowest BCUT2D eigenvalue weighted by atomic mass is 10.0. The molecule has 1 aromatic heterocycles. The monoisotopic (exact) mass is 289 g/mol. The highest BCUT2D eigenvalue weighted by atomic mass is 16.1. The summed E-state index contributed by atoms with van der Waals surface area (Å²) in [5.41, 5.74) is 9.66. The minimum Gasteiger partial charge on any atom is -0.366 e. The second-order valence-corrected chi connectivity index (χ2v) is 4.85. The van der Waals surface area contributed by atoms with Crippen LogP contribution in [-0.4, -0.2) is 10.9 Å². The first kappa shape index (κ1) is 13.8. The van der Waals surface area contributed by atoms with Crippen molar-refractivity contribution >= 4 is 17.3 Å². The molecular weight excluding hydrogens is 274 g/mol. The average molecular weight is 289 g/mol. The van der Waals surface area contributed by atoms with E-state index in [1.165, 1.54) is 0 Å². The number of carbonyl (C=O) groups excluding carboxylic acids is 1. The van der Waals surface area contributed by atoms with Crippen LogP contribution in [0.1, 0.15) is 10.4 Å². The molecule has 1 amide bonds. The molecule has 0 aliphatic heterocycles. The smallest absolute Gasteiger partial charge is 0.248 e. The Bertz CT molecular complexity index is 783. The molecule has 0 saturated heterocycles. The number of anilines is 2. The molecule has 0 unspecified atom stereocenters. The lowest BCUT2D eigenvalue weighted by Gasteiger charge is -2.12. The SMILES string of the molecule is NC(=O)c1ccc(-c2ccncc2Nc2ccccc2)cc1. The topological polar surface area (TPSA) is 68.0 Å². The van der Waals surface area contributed by atoms with Crippen LogP contribution >= 0.6 is 0 Å². The van der Waals surface area contributed by atoms with E-state index in [0.29, 0.717) is 5.56 Å². The molecule has 4 heteroatoms. The van der Waals surface area contributed by atoms with Crippen LogP contribution in [0.2, 0.25) is 0 Å². The van der Waals surface area contributed by atoms with Gasteiger partial charge in [-0.1, -0.05) is 30.3 Å². The van der Waals surface area contributed by atoms with Crippen LogP contribution in [-0.2, 0) is 0 Å². The molecule has 0 radical (unpaired) electrons. The summed E-state index contributed by atoms with van der Waals surface area (Å²) in [5.74, 6) is -0.427.